The minimum Gasteiger partial charge on any atom is -0.495 e. The zero-order valence-corrected chi connectivity index (χ0v) is 15.0. The molecular formula is C18H15Cl2N3O2. The van der Waals surface area contributed by atoms with Crippen molar-refractivity contribution >= 4 is 45.7 Å². The highest BCUT2D eigenvalue weighted by Crippen LogP contribution is 2.37. The predicted molar refractivity (Wildman–Crippen MR) is 99.1 cm³/mol. The van der Waals surface area contributed by atoms with Crippen LogP contribution in [0, 0.1) is 0 Å². The Morgan fingerprint density at radius 2 is 2.00 bits per heavy atom. The van der Waals surface area contributed by atoms with Gasteiger partial charge in [-0.25, -0.2) is 0 Å². The number of pyridine rings is 1. The molecule has 128 valence electrons. The number of anilines is 1. The lowest BCUT2D eigenvalue weighted by Gasteiger charge is -2.11. The van der Waals surface area contributed by atoms with Crippen LogP contribution in [0.25, 0.3) is 10.9 Å². The Balaban J connectivity index is 1.83. The maximum atomic E-state index is 12.9. The second kappa shape index (κ2) is 6.24. The molecule has 2 heterocycles. The number of carbonyl (C=O) groups is 1. The number of hydrogen-bond donors (Lipinski definition) is 2. The maximum Gasteiger partial charge on any atom is 0.256 e. The number of halogens is 2. The Morgan fingerprint density at radius 1 is 1.24 bits per heavy atom. The number of carbonyl (C=O) groups excluding carboxylic acids is 1. The molecule has 1 aliphatic carbocycles. The number of aromatic amines is 1. The fraction of sp³-hybridized carbons (Fsp3) is 0.222. The van der Waals surface area contributed by atoms with Gasteiger partial charge in [-0.3, -0.25) is 9.78 Å². The van der Waals surface area contributed by atoms with E-state index in [0.717, 1.165) is 35.9 Å². The van der Waals surface area contributed by atoms with Crippen LogP contribution in [0.5, 0.6) is 5.75 Å². The molecule has 0 radical (unpaired) electrons. The summed E-state index contributed by atoms with van der Waals surface area (Å²) in [5.41, 5.74) is 4.14. The minimum atomic E-state index is -0.267. The number of hydrogen-bond acceptors (Lipinski definition) is 3. The first kappa shape index (κ1) is 16.2. The van der Waals surface area contributed by atoms with Crippen LogP contribution in [0.15, 0.2) is 24.5 Å². The van der Waals surface area contributed by atoms with E-state index in [1.54, 1.807) is 19.2 Å². The molecule has 2 aromatic heterocycles. The van der Waals surface area contributed by atoms with Crippen LogP contribution in [0.2, 0.25) is 10.0 Å². The number of benzene rings is 1. The van der Waals surface area contributed by atoms with Crippen LogP contribution in [0.3, 0.4) is 0 Å². The van der Waals surface area contributed by atoms with Crippen molar-refractivity contribution in [1.82, 2.24) is 9.97 Å². The summed E-state index contributed by atoms with van der Waals surface area (Å²) >= 11 is 12.2. The maximum absolute atomic E-state index is 12.9. The van der Waals surface area contributed by atoms with Gasteiger partial charge in [-0.1, -0.05) is 23.2 Å². The SMILES string of the molecule is COc1ccc(C(=O)Nc2c(Cl)cncc2Cl)c2c3c([nH]c12)CCC3. The fourth-order valence-corrected chi connectivity index (χ4v) is 3.86. The van der Waals surface area contributed by atoms with Crippen LogP contribution >= 0.6 is 23.2 Å². The standard InChI is InChI=1S/C18H15Cl2N3O2/c1-25-14-6-5-10(15-9-3-2-4-13(9)22-17(14)15)18(24)23-16-11(19)7-21-8-12(16)20/h5-8,22H,2-4H2,1H3,(H,21,23,24). The van der Waals surface area contributed by atoms with Gasteiger partial charge < -0.3 is 15.0 Å². The van der Waals surface area contributed by atoms with Gasteiger partial charge in [0.15, 0.2) is 0 Å². The molecule has 1 aliphatic rings. The molecule has 0 bridgehead atoms. The summed E-state index contributed by atoms with van der Waals surface area (Å²) in [6.45, 7) is 0. The predicted octanol–water partition coefficient (Wildman–Crippen LogP) is 4.62. The van der Waals surface area contributed by atoms with Gasteiger partial charge in [-0.05, 0) is 37.0 Å². The fourth-order valence-electron chi connectivity index (χ4n) is 3.40. The van der Waals surface area contributed by atoms with E-state index in [9.17, 15) is 4.79 Å². The first-order chi connectivity index (χ1) is 12.1. The third-order valence-electron chi connectivity index (χ3n) is 4.52. The molecule has 4 rings (SSSR count). The van der Waals surface area contributed by atoms with Crippen LogP contribution in [-0.2, 0) is 12.8 Å². The third-order valence-corrected chi connectivity index (χ3v) is 5.09. The Kier molecular flexibility index (Phi) is 4.06. The molecule has 1 aromatic carbocycles. The van der Waals surface area contributed by atoms with E-state index in [4.69, 9.17) is 27.9 Å². The van der Waals surface area contributed by atoms with E-state index in [1.165, 1.54) is 23.7 Å². The molecule has 0 saturated carbocycles. The number of aryl methyl sites for hydroxylation is 2. The van der Waals surface area contributed by atoms with Crippen LogP contribution in [0.1, 0.15) is 28.0 Å². The van der Waals surface area contributed by atoms with E-state index >= 15 is 0 Å². The topological polar surface area (TPSA) is 67.0 Å². The van der Waals surface area contributed by atoms with Crippen molar-refractivity contribution in [2.45, 2.75) is 19.3 Å². The molecule has 0 unspecified atom stereocenters. The van der Waals surface area contributed by atoms with Crippen molar-refractivity contribution in [1.29, 1.82) is 0 Å². The number of aromatic nitrogens is 2. The average Bonchev–Trinajstić information content (AvgIpc) is 3.18. The van der Waals surface area contributed by atoms with Gasteiger partial charge in [0.05, 0.1) is 28.4 Å². The molecule has 2 N–H and O–H groups in total. The molecule has 5 nitrogen and oxygen atoms in total. The second-order valence-electron chi connectivity index (χ2n) is 5.93. The number of H-pyrrole nitrogens is 1. The molecule has 3 aromatic rings. The number of amides is 1. The highest BCUT2D eigenvalue weighted by molar-refractivity contribution is 6.39. The quantitative estimate of drug-likeness (QED) is 0.701. The molecule has 0 fully saturated rings. The van der Waals surface area contributed by atoms with Crippen LogP contribution < -0.4 is 10.1 Å². The number of fused-ring (bicyclic) bond motifs is 3. The summed E-state index contributed by atoms with van der Waals surface area (Å²) in [7, 11) is 1.62. The van der Waals surface area contributed by atoms with Crippen LogP contribution in [-0.4, -0.2) is 23.0 Å². The Labute approximate surface area is 154 Å². The largest absolute Gasteiger partial charge is 0.495 e. The van der Waals surface area contributed by atoms with Gasteiger partial charge in [0.25, 0.3) is 5.91 Å². The van der Waals surface area contributed by atoms with Gasteiger partial charge in [-0.15, -0.1) is 0 Å². The number of ether oxygens (including phenoxy) is 1. The Morgan fingerprint density at radius 3 is 2.72 bits per heavy atom. The Hall–Kier alpha value is -2.24. The molecule has 25 heavy (non-hydrogen) atoms. The number of nitrogens with zero attached hydrogens (tertiary/aromatic N) is 1. The highest BCUT2D eigenvalue weighted by Gasteiger charge is 2.24. The second-order valence-corrected chi connectivity index (χ2v) is 6.75. The number of rotatable bonds is 3. The summed E-state index contributed by atoms with van der Waals surface area (Å²) in [6, 6.07) is 3.56. The first-order valence-corrected chi connectivity index (χ1v) is 8.66. The first-order valence-electron chi connectivity index (χ1n) is 7.91. The van der Waals surface area contributed by atoms with Crippen molar-refractivity contribution < 1.29 is 9.53 Å². The molecule has 0 aliphatic heterocycles. The van der Waals surface area contributed by atoms with Gasteiger partial charge >= 0.3 is 0 Å². The number of nitrogens with one attached hydrogen (secondary N) is 2. The normalized spacial score (nSPS) is 13.1. The molecule has 0 atom stereocenters. The minimum absolute atomic E-state index is 0.267. The van der Waals surface area contributed by atoms with E-state index < -0.39 is 0 Å². The van der Waals surface area contributed by atoms with E-state index in [2.05, 4.69) is 15.3 Å². The zero-order chi connectivity index (χ0) is 17.6. The molecule has 1 amide bonds. The zero-order valence-electron chi connectivity index (χ0n) is 13.5. The Bertz CT molecular complexity index is 977. The van der Waals surface area contributed by atoms with Gasteiger partial charge in [0.2, 0.25) is 0 Å². The van der Waals surface area contributed by atoms with E-state index in [-0.39, 0.29) is 5.91 Å². The number of methoxy groups -OCH3 is 1. The molecule has 7 heteroatoms. The third kappa shape index (κ3) is 2.64. The lowest BCUT2D eigenvalue weighted by Crippen LogP contribution is -2.13. The molecule has 0 spiro atoms. The lowest BCUT2D eigenvalue weighted by molar-refractivity contribution is 0.102. The van der Waals surface area contributed by atoms with Crippen LogP contribution in [0.4, 0.5) is 5.69 Å². The van der Waals surface area contributed by atoms with Crippen molar-refractivity contribution in [3.05, 3.63) is 51.4 Å². The summed E-state index contributed by atoms with van der Waals surface area (Å²) in [5, 5.41) is 4.31. The summed E-state index contributed by atoms with van der Waals surface area (Å²) in [5.74, 6) is 0.456. The summed E-state index contributed by atoms with van der Waals surface area (Å²) < 4.78 is 5.44. The van der Waals surface area contributed by atoms with Gasteiger partial charge in [0.1, 0.15) is 5.75 Å². The lowest BCUT2D eigenvalue weighted by atomic mass is 10.0. The van der Waals surface area contributed by atoms with Crippen molar-refractivity contribution in [2.24, 2.45) is 0 Å². The van der Waals surface area contributed by atoms with E-state index in [1.807, 2.05) is 0 Å². The monoisotopic (exact) mass is 375 g/mol. The van der Waals surface area contributed by atoms with Crippen molar-refractivity contribution in [3.8, 4) is 5.75 Å². The van der Waals surface area contributed by atoms with Gasteiger partial charge in [0, 0.05) is 29.0 Å². The van der Waals surface area contributed by atoms with E-state index in [0.29, 0.717) is 21.3 Å². The smallest absolute Gasteiger partial charge is 0.256 e. The average molecular weight is 376 g/mol. The van der Waals surface area contributed by atoms with Crippen molar-refractivity contribution in [3.63, 3.8) is 0 Å². The molecule has 0 saturated heterocycles. The van der Waals surface area contributed by atoms with Gasteiger partial charge in [-0.2, -0.15) is 0 Å². The highest BCUT2D eigenvalue weighted by atomic mass is 35.5. The summed E-state index contributed by atoms with van der Waals surface area (Å²) in [6.07, 6.45) is 5.90. The van der Waals surface area contributed by atoms with Crippen molar-refractivity contribution in [2.75, 3.05) is 12.4 Å². The summed E-state index contributed by atoms with van der Waals surface area (Å²) in [4.78, 5) is 20.2. The molecular weight excluding hydrogens is 361 g/mol.